The standard InChI is InChI=1S/C35H46ClN3O6S/c1-35-20-27(35)7-5-8-30(34(41)37-15-17-44-2)29-13-10-25(29)21-39-16-4-3-6-23-18-28(36)12-9-26(23)22-45-32-14-11-24(19-31(32)39)33(40)38-46(35,42)43/h9,11-12,14,18-19,25,27,29-30H,3-8,10,13,15-17,20-22H2,1-2H3,(H,37,41)(H,38,40)/t25-,27+,29+,30+,35+/m0/s1. The van der Waals surface area contributed by atoms with Crippen LogP contribution >= 0.6 is 11.6 Å². The van der Waals surface area contributed by atoms with Gasteiger partial charge in [-0.1, -0.05) is 24.1 Å². The molecule has 9 nitrogen and oxygen atoms in total. The maximum Gasteiger partial charge on any atom is 0.264 e. The molecule has 250 valence electrons. The highest BCUT2D eigenvalue weighted by Gasteiger charge is 2.60. The first-order chi connectivity index (χ1) is 22.1. The van der Waals surface area contributed by atoms with Gasteiger partial charge in [0, 0.05) is 43.2 Å². The van der Waals surface area contributed by atoms with Crippen LogP contribution in [0.3, 0.4) is 0 Å². The van der Waals surface area contributed by atoms with E-state index in [0.29, 0.717) is 55.7 Å². The van der Waals surface area contributed by atoms with Crippen molar-refractivity contribution in [1.29, 1.82) is 0 Å². The second kappa shape index (κ2) is 13.7. The number of ether oxygens (including phenoxy) is 2. The molecule has 46 heavy (non-hydrogen) atoms. The lowest BCUT2D eigenvalue weighted by atomic mass is 9.65. The monoisotopic (exact) mass is 671 g/mol. The molecule has 2 N–H and O–H groups in total. The normalized spacial score (nSPS) is 29.3. The molecule has 2 fully saturated rings. The first-order valence-electron chi connectivity index (χ1n) is 16.7. The summed E-state index contributed by atoms with van der Waals surface area (Å²) in [6, 6.07) is 11.1. The Labute approximate surface area is 277 Å². The summed E-state index contributed by atoms with van der Waals surface area (Å²) >= 11 is 6.34. The van der Waals surface area contributed by atoms with Gasteiger partial charge in [0.1, 0.15) is 12.4 Å². The SMILES string of the molecule is COCCNC(=O)[C@@H]1CCC[C@@H]2C[C@@]2(C)S(=O)(=O)NC(=O)c2ccc3c(c2)N(CCCCc2cc(Cl)ccc2CO3)C[C@@H]2CC[C@H]21. The summed E-state index contributed by atoms with van der Waals surface area (Å²) in [5.41, 5.74) is 3.30. The van der Waals surface area contributed by atoms with Gasteiger partial charge in [0.2, 0.25) is 15.9 Å². The van der Waals surface area contributed by atoms with Crippen LogP contribution in [0, 0.1) is 23.7 Å². The van der Waals surface area contributed by atoms with Crippen molar-refractivity contribution < 1.29 is 27.5 Å². The van der Waals surface area contributed by atoms with Crippen LogP contribution in [0.1, 0.15) is 79.8 Å². The second-order valence-corrected chi connectivity index (χ2v) is 16.3. The van der Waals surface area contributed by atoms with E-state index in [9.17, 15) is 18.0 Å². The van der Waals surface area contributed by atoms with E-state index in [1.165, 1.54) is 5.56 Å². The molecular weight excluding hydrogens is 626 g/mol. The fourth-order valence-corrected chi connectivity index (χ4v) is 9.48. The number of hydrogen-bond acceptors (Lipinski definition) is 7. The van der Waals surface area contributed by atoms with Gasteiger partial charge < -0.3 is 19.7 Å². The van der Waals surface area contributed by atoms with Gasteiger partial charge in [0.25, 0.3) is 5.91 Å². The summed E-state index contributed by atoms with van der Waals surface area (Å²) in [5, 5.41) is 3.79. The van der Waals surface area contributed by atoms with Crippen LogP contribution in [0.25, 0.3) is 0 Å². The molecule has 11 heteroatoms. The smallest absolute Gasteiger partial charge is 0.264 e. The summed E-state index contributed by atoms with van der Waals surface area (Å²) < 4.78 is 40.0. The zero-order valence-corrected chi connectivity index (χ0v) is 28.4. The molecule has 4 aliphatic rings. The highest BCUT2D eigenvalue weighted by molar-refractivity contribution is 7.91. The fourth-order valence-electron chi connectivity index (χ4n) is 7.71. The third kappa shape index (κ3) is 6.90. The molecule has 0 radical (unpaired) electrons. The largest absolute Gasteiger partial charge is 0.487 e. The lowest BCUT2D eigenvalue weighted by molar-refractivity contribution is -0.129. The number of rotatable bonds is 4. The average molecular weight is 672 g/mol. The molecule has 0 aromatic heterocycles. The van der Waals surface area contributed by atoms with Gasteiger partial charge >= 0.3 is 0 Å². The number of carbonyl (C=O) groups excluding carboxylic acids is 2. The highest BCUT2D eigenvalue weighted by Crippen LogP contribution is 2.53. The van der Waals surface area contributed by atoms with Crippen LogP contribution in [0.2, 0.25) is 5.02 Å². The number of nitrogens with zero attached hydrogens (tertiary/aromatic N) is 1. The van der Waals surface area contributed by atoms with E-state index in [0.717, 1.165) is 62.9 Å². The number of anilines is 1. The van der Waals surface area contributed by atoms with Gasteiger partial charge in [0.05, 0.1) is 17.0 Å². The molecular formula is C35H46ClN3O6S. The average Bonchev–Trinajstić information content (AvgIpc) is 3.70. The first-order valence-corrected chi connectivity index (χ1v) is 18.6. The minimum Gasteiger partial charge on any atom is -0.487 e. The quantitative estimate of drug-likeness (QED) is 0.414. The van der Waals surface area contributed by atoms with Crippen LogP contribution in [0.15, 0.2) is 36.4 Å². The van der Waals surface area contributed by atoms with Crippen molar-refractivity contribution in [3.05, 3.63) is 58.1 Å². The van der Waals surface area contributed by atoms with Crippen LogP contribution in [0.4, 0.5) is 5.69 Å². The van der Waals surface area contributed by atoms with Crippen molar-refractivity contribution in [3.8, 4) is 5.75 Å². The number of sulfonamides is 1. The van der Waals surface area contributed by atoms with Crippen molar-refractivity contribution in [2.75, 3.05) is 38.3 Å². The van der Waals surface area contributed by atoms with Crippen molar-refractivity contribution >= 4 is 39.1 Å². The van der Waals surface area contributed by atoms with E-state index in [2.05, 4.69) is 14.9 Å². The maximum absolute atomic E-state index is 13.6. The topological polar surface area (TPSA) is 114 Å². The highest BCUT2D eigenvalue weighted by atomic mass is 35.5. The lowest BCUT2D eigenvalue weighted by Gasteiger charge is -2.44. The van der Waals surface area contributed by atoms with E-state index in [1.54, 1.807) is 32.2 Å². The maximum atomic E-state index is 13.6. The van der Waals surface area contributed by atoms with Crippen molar-refractivity contribution in [3.63, 3.8) is 0 Å². The Kier molecular flexibility index (Phi) is 9.88. The molecule has 2 aromatic rings. The van der Waals surface area contributed by atoms with Gasteiger partial charge in [-0.25, -0.2) is 13.1 Å². The van der Waals surface area contributed by atoms with Crippen LogP contribution < -0.4 is 19.7 Å². The number of methoxy groups -OCH3 is 1. The van der Waals surface area contributed by atoms with Gasteiger partial charge in [-0.05, 0) is 118 Å². The molecule has 0 unspecified atom stereocenters. The van der Waals surface area contributed by atoms with Gasteiger partial charge in [-0.3, -0.25) is 9.59 Å². The van der Waals surface area contributed by atoms with E-state index in [-0.39, 0.29) is 29.2 Å². The van der Waals surface area contributed by atoms with Crippen molar-refractivity contribution in [2.24, 2.45) is 23.7 Å². The van der Waals surface area contributed by atoms with Crippen molar-refractivity contribution in [1.82, 2.24) is 10.0 Å². The number of halogens is 1. The molecule has 2 bridgehead atoms. The molecule has 2 aliphatic heterocycles. The predicted octanol–water partition coefficient (Wildman–Crippen LogP) is 5.49. The molecule has 0 spiro atoms. The zero-order valence-electron chi connectivity index (χ0n) is 26.9. The third-order valence-corrected chi connectivity index (χ3v) is 13.3. The fraction of sp³-hybridized carbons (Fsp3) is 0.600. The van der Waals surface area contributed by atoms with Crippen molar-refractivity contribution in [2.45, 2.75) is 76.1 Å². The van der Waals surface area contributed by atoms with Crippen LogP contribution in [-0.4, -0.2) is 58.3 Å². The van der Waals surface area contributed by atoms with E-state index >= 15 is 0 Å². The molecule has 5 atom stereocenters. The van der Waals surface area contributed by atoms with Crippen LogP contribution in [0.5, 0.6) is 5.75 Å². The molecule has 2 aliphatic carbocycles. The molecule has 0 saturated heterocycles. The number of fused-ring (bicyclic) bond motifs is 4. The Hall–Kier alpha value is -2.82. The summed E-state index contributed by atoms with van der Waals surface area (Å²) in [5.74, 6) is 0.428. The Balaban J connectivity index is 1.36. The van der Waals surface area contributed by atoms with Gasteiger partial charge in [-0.2, -0.15) is 0 Å². The van der Waals surface area contributed by atoms with Gasteiger partial charge in [-0.15, -0.1) is 0 Å². The Bertz CT molecular complexity index is 1570. The number of hydrogen-bond donors (Lipinski definition) is 2. The lowest BCUT2D eigenvalue weighted by Crippen LogP contribution is -2.47. The summed E-state index contributed by atoms with van der Waals surface area (Å²) in [6.45, 7) is 4.47. The van der Waals surface area contributed by atoms with Crippen LogP contribution in [-0.2, 0) is 32.6 Å². The number of aryl methyl sites for hydroxylation is 1. The zero-order chi connectivity index (χ0) is 32.5. The number of carbonyl (C=O) groups is 2. The minimum absolute atomic E-state index is 0.0471. The number of nitrogens with one attached hydrogen (secondary N) is 2. The minimum atomic E-state index is -3.91. The molecule has 2 amide bonds. The Morgan fingerprint density at radius 1 is 1.11 bits per heavy atom. The summed E-state index contributed by atoms with van der Waals surface area (Å²) in [7, 11) is -2.29. The van der Waals surface area contributed by atoms with E-state index < -0.39 is 20.7 Å². The summed E-state index contributed by atoms with van der Waals surface area (Å²) in [4.78, 5) is 29.3. The van der Waals surface area contributed by atoms with E-state index in [1.807, 2.05) is 18.2 Å². The first kappa shape index (κ1) is 33.1. The summed E-state index contributed by atoms with van der Waals surface area (Å²) in [6.07, 6.45) is 7.45. The second-order valence-electron chi connectivity index (χ2n) is 13.8. The Morgan fingerprint density at radius 2 is 1.96 bits per heavy atom. The molecule has 2 aromatic carbocycles. The molecule has 2 saturated carbocycles. The molecule has 6 rings (SSSR count). The van der Waals surface area contributed by atoms with E-state index in [4.69, 9.17) is 21.1 Å². The number of amides is 2. The Morgan fingerprint density at radius 3 is 2.74 bits per heavy atom. The molecule has 2 heterocycles. The van der Waals surface area contributed by atoms with Gasteiger partial charge in [0.15, 0.2) is 0 Å². The third-order valence-electron chi connectivity index (χ3n) is 10.9. The number of benzene rings is 2. The predicted molar refractivity (Wildman–Crippen MR) is 179 cm³/mol.